The van der Waals surface area contributed by atoms with E-state index in [0.29, 0.717) is 6.42 Å². The predicted octanol–water partition coefficient (Wildman–Crippen LogP) is 1.38. The Hall–Kier alpha value is -1.38. The maximum absolute atomic E-state index is 12.6. The summed E-state index contributed by atoms with van der Waals surface area (Å²) in [5, 5.41) is 19.7. The average molecular weight is 307 g/mol. The Bertz CT molecular complexity index is 483. The minimum absolute atomic E-state index is 0.0331. The highest BCUT2D eigenvalue weighted by Crippen LogP contribution is 2.29. The number of rotatable bonds is 3. The second kappa shape index (κ2) is 6.17. The average Bonchev–Trinajstić information content (AvgIpc) is 2.44. The highest BCUT2D eigenvalue weighted by atomic mass is 19.4. The van der Waals surface area contributed by atoms with Crippen molar-refractivity contribution in [3.8, 4) is 5.88 Å². The van der Waals surface area contributed by atoms with Crippen LogP contribution in [0.4, 0.5) is 13.2 Å². The van der Waals surface area contributed by atoms with Crippen molar-refractivity contribution in [1.29, 1.82) is 0 Å². The van der Waals surface area contributed by atoms with Crippen LogP contribution in [0.2, 0.25) is 0 Å². The van der Waals surface area contributed by atoms with Gasteiger partial charge in [0.15, 0.2) is 6.10 Å². The summed E-state index contributed by atoms with van der Waals surface area (Å²) in [6.45, 7) is 1.75. The predicted molar refractivity (Wildman–Crippen MR) is 65.7 cm³/mol. The lowest BCUT2D eigenvalue weighted by Gasteiger charge is -2.36. The Labute approximate surface area is 119 Å². The first-order chi connectivity index (χ1) is 9.82. The molecule has 8 heteroatoms. The smallest absolute Gasteiger partial charge is 0.433 e. The number of ether oxygens (including phenoxy) is 2. The molecule has 5 nitrogen and oxygen atoms in total. The monoisotopic (exact) mass is 307 g/mol. The highest BCUT2D eigenvalue weighted by Gasteiger charge is 2.39. The molecule has 2 rings (SSSR count). The Kier molecular flexibility index (Phi) is 4.70. The third-order valence-corrected chi connectivity index (χ3v) is 3.27. The van der Waals surface area contributed by atoms with Crippen LogP contribution in [-0.4, -0.2) is 46.2 Å². The van der Waals surface area contributed by atoms with E-state index in [1.807, 2.05) is 0 Å². The minimum Gasteiger partial charge on any atom is -0.469 e. The van der Waals surface area contributed by atoms with Crippen LogP contribution in [0.5, 0.6) is 5.88 Å². The van der Waals surface area contributed by atoms with Gasteiger partial charge < -0.3 is 19.7 Å². The summed E-state index contributed by atoms with van der Waals surface area (Å²) in [5.74, 6) is -0.278. The van der Waals surface area contributed by atoms with Gasteiger partial charge in [-0.3, -0.25) is 0 Å². The molecule has 0 aromatic carbocycles. The number of aliphatic hydroxyl groups excluding tert-OH is 2. The number of nitrogens with zero attached hydrogens (tertiary/aromatic N) is 1. The maximum Gasteiger partial charge on any atom is 0.433 e. The van der Waals surface area contributed by atoms with E-state index in [9.17, 15) is 23.4 Å². The largest absolute Gasteiger partial charge is 0.469 e. The van der Waals surface area contributed by atoms with Gasteiger partial charge in [-0.05, 0) is 12.5 Å². The lowest BCUT2D eigenvalue weighted by molar-refractivity contribution is -0.181. The zero-order valence-electron chi connectivity index (χ0n) is 11.2. The van der Waals surface area contributed by atoms with Crippen LogP contribution in [0.1, 0.15) is 19.0 Å². The fraction of sp³-hybridized carbons (Fsp3) is 0.615. The molecular formula is C13H16F3NO4. The molecule has 0 aliphatic carbocycles. The van der Waals surface area contributed by atoms with Crippen LogP contribution in [0.25, 0.3) is 0 Å². The molecule has 0 bridgehead atoms. The summed E-state index contributed by atoms with van der Waals surface area (Å²) in [7, 11) is 0. The number of aliphatic hydroxyl groups is 2. The summed E-state index contributed by atoms with van der Waals surface area (Å²) in [6, 6.07) is 3.23. The van der Waals surface area contributed by atoms with Gasteiger partial charge in [0.2, 0.25) is 5.88 Å². The van der Waals surface area contributed by atoms with Crippen molar-refractivity contribution in [2.24, 2.45) is 0 Å². The Morgan fingerprint density at radius 2 is 2.05 bits per heavy atom. The molecule has 21 heavy (non-hydrogen) atoms. The van der Waals surface area contributed by atoms with Crippen molar-refractivity contribution >= 4 is 0 Å². The van der Waals surface area contributed by atoms with Gasteiger partial charge in [0.05, 0.1) is 12.7 Å². The van der Waals surface area contributed by atoms with Crippen molar-refractivity contribution in [2.75, 3.05) is 6.61 Å². The molecule has 118 valence electrons. The zero-order valence-corrected chi connectivity index (χ0v) is 11.2. The van der Waals surface area contributed by atoms with Gasteiger partial charge in [-0.1, -0.05) is 13.0 Å². The molecule has 1 aromatic rings. The second-order valence-electron chi connectivity index (χ2n) is 4.78. The fourth-order valence-electron chi connectivity index (χ4n) is 2.11. The molecule has 0 amide bonds. The van der Waals surface area contributed by atoms with Crippen LogP contribution >= 0.6 is 0 Å². The SMILES string of the molecule is CC[C@H]1OC[C@H](Oc2cccc(C(F)(F)F)n2)[C@@H](O)[C@H]1O. The molecule has 2 N–H and O–H groups in total. The van der Waals surface area contributed by atoms with E-state index in [1.54, 1.807) is 6.92 Å². The zero-order chi connectivity index (χ0) is 15.6. The standard InChI is InChI=1S/C13H16F3NO4/c1-2-7-11(18)12(19)8(6-20-7)21-10-5-3-4-9(17-10)13(14,15)16/h3-5,7-8,11-12,18-19H,2,6H2,1H3/t7-,8+,11+,12-/m1/s1. The van der Waals surface area contributed by atoms with Gasteiger partial charge in [-0.15, -0.1) is 0 Å². The first-order valence-corrected chi connectivity index (χ1v) is 6.51. The van der Waals surface area contributed by atoms with Gasteiger partial charge in [-0.25, -0.2) is 4.98 Å². The summed E-state index contributed by atoms with van der Waals surface area (Å²) in [5.41, 5.74) is -1.08. The number of aromatic nitrogens is 1. The van der Waals surface area contributed by atoms with Gasteiger partial charge in [0.1, 0.15) is 17.9 Å². The lowest BCUT2D eigenvalue weighted by Crippen LogP contribution is -2.54. The van der Waals surface area contributed by atoms with Crippen molar-refractivity contribution in [3.63, 3.8) is 0 Å². The van der Waals surface area contributed by atoms with Crippen molar-refractivity contribution in [3.05, 3.63) is 23.9 Å². The molecule has 0 spiro atoms. The van der Waals surface area contributed by atoms with Crippen LogP contribution < -0.4 is 4.74 Å². The molecule has 0 radical (unpaired) electrons. The van der Waals surface area contributed by atoms with E-state index >= 15 is 0 Å². The summed E-state index contributed by atoms with van der Waals surface area (Å²) < 4.78 is 48.2. The number of alkyl halides is 3. The molecule has 1 aromatic heterocycles. The minimum atomic E-state index is -4.58. The van der Waals surface area contributed by atoms with Crippen LogP contribution in [0, 0.1) is 0 Å². The van der Waals surface area contributed by atoms with Gasteiger partial charge >= 0.3 is 6.18 Å². The van der Waals surface area contributed by atoms with Crippen LogP contribution in [0.3, 0.4) is 0 Å². The normalized spacial score (nSPS) is 30.2. The molecule has 1 aliphatic rings. The summed E-state index contributed by atoms with van der Waals surface area (Å²) >= 11 is 0. The number of hydrogen-bond acceptors (Lipinski definition) is 5. The van der Waals surface area contributed by atoms with E-state index < -0.39 is 36.3 Å². The Morgan fingerprint density at radius 1 is 1.33 bits per heavy atom. The maximum atomic E-state index is 12.6. The van der Waals surface area contributed by atoms with E-state index in [1.165, 1.54) is 6.07 Å². The number of hydrogen-bond donors (Lipinski definition) is 2. The molecule has 0 unspecified atom stereocenters. The quantitative estimate of drug-likeness (QED) is 0.883. The number of halogens is 3. The van der Waals surface area contributed by atoms with Gasteiger partial charge in [-0.2, -0.15) is 13.2 Å². The molecule has 4 atom stereocenters. The molecule has 2 heterocycles. The molecule has 0 saturated carbocycles. The van der Waals surface area contributed by atoms with Gasteiger partial charge in [0, 0.05) is 6.07 Å². The third kappa shape index (κ3) is 3.63. The van der Waals surface area contributed by atoms with Crippen molar-refractivity contribution in [2.45, 2.75) is 43.9 Å². The first kappa shape index (κ1) is 16.0. The Balaban J connectivity index is 2.08. The molecular weight excluding hydrogens is 291 g/mol. The van der Waals surface area contributed by atoms with E-state index in [-0.39, 0.29) is 12.5 Å². The molecule has 1 aliphatic heterocycles. The lowest BCUT2D eigenvalue weighted by atomic mass is 9.98. The van der Waals surface area contributed by atoms with Crippen molar-refractivity contribution in [1.82, 2.24) is 4.98 Å². The van der Waals surface area contributed by atoms with E-state index in [0.717, 1.165) is 12.1 Å². The first-order valence-electron chi connectivity index (χ1n) is 6.51. The van der Waals surface area contributed by atoms with Gasteiger partial charge in [0.25, 0.3) is 0 Å². The third-order valence-electron chi connectivity index (χ3n) is 3.27. The van der Waals surface area contributed by atoms with E-state index in [4.69, 9.17) is 9.47 Å². The van der Waals surface area contributed by atoms with Crippen LogP contribution in [-0.2, 0) is 10.9 Å². The molecule has 1 fully saturated rings. The Morgan fingerprint density at radius 3 is 2.67 bits per heavy atom. The van der Waals surface area contributed by atoms with E-state index in [2.05, 4.69) is 4.98 Å². The summed E-state index contributed by atoms with van der Waals surface area (Å²) in [4.78, 5) is 3.34. The topological polar surface area (TPSA) is 71.8 Å². The number of pyridine rings is 1. The summed E-state index contributed by atoms with van der Waals surface area (Å²) in [6.07, 6.45) is -7.96. The van der Waals surface area contributed by atoms with Crippen molar-refractivity contribution < 1.29 is 32.9 Å². The highest BCUT2D eigenvalue weighted by molar-refractivity contribution is 5.18. The molecule has 1 saturated heterocycles. The fourth-order valence-corrected chi connectivity index (χ4v) is 2.11. The van der Waals surface area contributed by atoms with Crippen LogP contribution in [0.15, 0.2) is 18.2 Å². The second-order valence-corrected chi connectivity index (χ2v) is 4.78.